The lowest BCUT2D eigenvalue weighted by molar-refractivity contribution is -0.113. The number of carbonyl (C=O) groups is 2. The molecule has 132 valence electrons. The molecule has 0 spiro atoms. The summed E-state index contributed by atoms with van der Waals surface area (Å²) < 4.78 is 5.14. The number of aromatic nitrogens is 3. The molecule has 0 radical (unpaired) electrons. The highest BCUT2D eigenvalue weighted by atomic mass is 32.2. The van der Waals surface area contributed by atoms with E-state index in [0.717, 1.165) is 18.0 Å². The van der Waals surface area contributed by atoms with Gasteiger partial charge in [-0.3, -0.25) is 14.6 Å². The van der Waals surface area contributed by atoms with Crippen LogP contribution in [0.4, 0.5) is 5.69 Å². The maximum Gasteiger partial charge on any atom is 0.338 e. The molecule has 0 fully saturated rings. The molecule has 0 aliphatic heterocycles. The smallest absolute Gasteiger partial charge is 0.338 e. The highest BCUT2D eigenvalue weighted by Gasteiger charge is 2.09. The highest BCUT2D eigenvalue weighted by molar-refractivity contribution is 7.99. The molecule has 0 unspecified atom stereocenters. The number of hydrogen-bond donors (Lipinski definition) is 2. The van der Waals surface area contributed by atoms with Crippen LogP contribution in [0.5, 0.6) is 0 Å². The van der Waals surface area contributed by atoms with E-state index in [4.69, 9.17) is 4.74 Å². The van der Waals surface area contributed by atoms with Crippen LogP contribution in [0, 0.1) is 5.92 Å². The Morgan fingerprint density at radius 1 is 1.28 bits per heavy atom. The van der Waals surface area contributed by atoms with Crippen LogP contribution in [0.1, 0.15) is 24.2 Å². The third kappa shape index (κ3) is 6.38. The van der Waals surface area contributed by atoms with Gasteiger partial charge in [-0.15, -0.1) is 5.10 Å². The first kappa shape index (κ1) is 18.7. The van der Waals surface area contributed by atoms with Crippen molar-refractivity contribution in [1.29, 1.82) is 0 Å². The van der Waals surface area contributed by atoms with E-state index in [2.05, 4.69) is 20.5 Å². The van der Waals surface area contributed by atoms with Crippen LogP contribution in [0.2, 0.25) is 0 Å². The molecule has 1 heterocycles. The number of thioether (sulfide) groups is 1. The fourth-order valence-electron chi connectivity index (χ4n) is 1.71. The lowest BCUT2D eigenvalue weighted by atomic mass is 10.2. The average molecular weight is 362 g/mol. The molecule has 2 aromatic rings. The SMILES string of the molecule is CC(C)COC(=O)c1ccc(NC(=O)CSc2nncc(=O)[nH]2)cc1. The van der Waals surface area contributed by atoms with Crippen molar-refractivity contribution >= 4 is 29.3 Å². The standard InChI is InChI=1S/C16H18N4O4S/c1-10(2)8-24-15(23)11-3-5-12(6-4-11)18-14(22)9-25-16-19-13(21)7-17-20-16/h3-7,10H,8-9H2,1-2H3,(H,18,22)(H,19,20,21). The molecule has 1 aromatic carbocycles. The molecule has 8 nitrogen and oxygen atoms in total. The normalized spacial score (nSPS) is 10.5. The van der Waals surface area contributed by atoms with E-state index >= 15 is 0 Å². The number of rotatable bonds is 7. The molecule has 1 amide bonds. The van der Waals surface area contributed by atoms with Crippen LogP contribution in [0.15, 0.2) is 40.4 Å². The van der Waals surface area contributed by atoms with Crippen LogP contribution in [0.3, 0.4) is 0 Å². The number of aromatic amines is 1. The Hall–Kier alpha value is -2.68. The Morgan fingerprint density at radius 2 is 2.00 bits per heavy atom. The van der Waals surface area contributed by atoms with Crippen LogP contribution in [-0.4, -0.2) is 39.4 Å². The maximum absolute atomic E-state index is 11.9. The molecule has 0 atom stereocenters. The number of H-pyrrole nitrogens is 1. The van der Waals surface area contributed by atoms with Crippen LogP contribution >= 0.6 is 11.8 Å². The summed E-state index contributed by atoms with van der Waals surface area (Å²) in [5.41, 5.74) is 0.599. The van der Waals surface area contributed by atoms with Crippen LogP contribution < -0.4 is 10.9 Å². The summed E-state index contributed by atoms with van der Waals surface area (Å²) in [5.74, 6) is -0.336. The molecule has 2 N–H and O–H groups in total. The van der Waals surface area contributed by atoms with E-state index in [1.54, 1.807) is 24.3 Å². The fourth-order valence-corrected chi connectivity index (χ4v) is 2.33. The number of anilines is 1. The second kappa shape index (κ2) is 8.97. The maximum atomic E-state index is 11.9. The zero-order valence-electron chi connectivity index (χ0n) is 13.8. The number of ether oxygens (including phenoxy) is 1. The second-order valence-electron chi connectivity index (χ2n) is 5.55. The van der Waals surface area contributed by atoms with Crippen molar-refractivity contribution < 1.29 is 14.3 Å². The van der Waals surface area contributed by atoms with Gasteiger partial charge in [-0.25, -0.2) is 4.79 Å². The predicted octanol–water partition coefficient (Wildman–Crippen LogP) is 1.71. The largest absolute Gasteiger partial charge is 0.462 e. The Kier molecular flexibility index (Phi) is 6.70. The van der Waals surface area contributed by atoms with E-state index < -0.39 is 5.97 Å². The number of amides is 1. The number of hydrogen-bond acceptors (Lipinski definition) is 7. The van der Waals surface area contributed by atoms with Crippen molar-refractivity contribution in [2.75, 3.05) is 17.7 Å². The summed E-state index contributed by atoms with van der Waals surface area (Å²) >= 11 is 1.06. The van der Waals surface area contributed by atoms with Gasteiger partial charge in [-0.1, -0.05) is 25.6 Å². The lowest BCUT2D eigenvalue weighted by Crippen LogP contribution is -2.16. The fraction of sp³-hybridized carbons (Fsp3) is 0.312. The highest BCUT2D eigenvalue weighted by Crippen LogP contribution is 2.13. The van der Waals surface area contributed by atoms with Crippen molar-refractivity contribution in [1.82, 2.24) is 15.2 Å². The summed E-state index contributed by atoms with van der Waals surface area (Å²) in [7, 11) is 0. The Balaban J connectivity index is 1.84. The molecule has 9 heteroatoms. The van der Waals surface area contributed by atoms with E-state index in [1.165, 1.54) is 0 Å². The van der Waals surface area contributed by atoms with E-state index in [1.807, 2.05) is 13.8 Å². The summed E-state index contributed by atoms with van der Waals surface area (Å²) in [4.78, 5) is 37.3. The third-order valence-electron chi connectivity index (χ3n) is 2.85. The van der Waals surface area contributed by atoms with Crippen LogP contribution in [-0.2, 0) is 9.53 Å². The van der Waals surface area contributed by atoms with Gasteiger partial charge in [0, 0.05) is 5.69 Å². The van der Waals surface area contributed by atoms with Crippen molar-refractivity contribution in [3.63, 3.8) is 0 Å². The van der Waals surface area contributed by atoms with Crippen LogP contribution in [0.25, 0.3) is 0 Å². The molecule has 0 saturated carbocycles. The van der Waals surface area contributed by atoms with E-state index in [0.29, 0.717) is 17.9 Å². The number of nitrogens with one attached hydrogen (secondary N) is 2. The summed E-state index contributed by atoms with van der Waals surface area (Å²) in [5, 5.41) is 10.2. The van der Waals surface area contributed by atoms with Crippen molar-refractivity contribution in [3.8, 4) is 0 Å². The topological polar surface area (TPSA) is 114 Å². The monoisotopic (exact) mass is 362 g/mol. The van der Waals surface area contributed by atoms with Gasteiger partial charge in [0.2, 0.25) is 5.91 Å². The Bertz CT molecular complexity index is 789. The Labute approximate surface area is 148 Å². The minimum atomic E-state index is -0.395. The Morgan fingerprint density at radius 3 is 2.64 bits per heavy atom. The van der Waals surface area contributed by atoms with Gasteiger partial charge in [-0.05, 0) is 30.2 Å². The molecule has 25 heavy (non-hydrogen) atoms. The van der Waals surface area contributed by atoms with Gasteiger partial charge in [-0.2, -0.15) is 5.10 Å². The van der Waals surface area contributed by atoms with Gasteiger partial charge in [0.25, 0.3) is 5.56 Å². The number of esters is 1. The summed E-state index contributed by atoms with van der Waals surface area (Å²) in [6.45, 7) is 4.28. The first-order valence-corrected chi connectivity index (χ1v) is 8.54. The molecular weight excluding hydrogens is 344 g/mol. The second-order valence-corrected chi connectivity index (χ2v) is 6.51. The van der Waals surface area contributed by atoms with Gasteiger partial charge < -0.3 is 10.1 Å². The number of benzene rings is 1. The predicted molar refractivity (Wildman–Crippen MR) is 93.6 cm³/mol. The zero-order chi connectivity index (χ0) is 18.2. The molecule has 0 bridgehead atoms. The number of nitrogens with zero attached hydrogens (tertiary/aromatic N) is 2. The van der Waals surface area contributed by atoms with Gasteiger partial charge >= 0.3 is 5.97 Å². The minimum absolute atomic E-state index is 0.0623. The third-order valence-corrected chi connectivity index (χ3v) is 3.71. The van der Waals surface area contributed by atoms with Gasteiger partial charge in [0.15, 0.2) is 5.16 Å². The summed E-state index contributed by atoms with van der Waals surface area (Å²) in [6.07, 6.45) is 1.05. The lowest BCUT2D eigenvalue weighted by Gasteiger charge is -2.08. The van der Waals surface area contributed by atoms with Crippen molar-refractivity contribution in [2.45, 2.75) is 19.0 Å². The van der Waals surface area contributed by atoms with Gasteiger partial charge in [0.05, 0.1) is 17.9 Å². The molecule has 0 aliphatic rings. The average Bonchev–Trinajstić information content (AvgIpc) is 2.58. The van der Waals surface area contributed by atoms with Crippen molar-refractivity contribution in [2.24, 2.45) is 5.92 Å². The molecular formula is C16H18N4O4S. The van der Waals surface area contributed by atoms with E-state index in [-0.39, 0.29) is 28.3 Å². The zero-order valence-corrected chi connectivity index (χ0v) is 14.6. The quantitative estimate of drug-likeness (QED) is 0.569. The molecule has 1 aromatic heterocycles. The van der Waals surface area contributed by atoms with Crippen molar-refractivity contribution in [3.05, 3.63) is 46.4 Å². The molecule has 0 saturated heterocycles. The summed E-state index contributed by atoms with van der Waals surface area (Å²) in [6, 6.07) is 6.43. The number of carbonyl (C=O) groups excluding carboxylic acids is 2. The minimum Gasteiger partial charge on any atom is -0.462 e. The molecule has 2 rings (SSSR count). The first-order chi connectivity index (χ1) is 11.9. The first-order valence-electron chi connectivity index (χ1n) is 7.56. The molecule has 0 aliphatic carbocycles. The van der Waals surface area contributed by atoms with Gasteiger partial charge in [0.1, 0.15) is 6.20 Å². The van der Waals surface area contributed by atoms with E-state index in [9.17, 15) is 14.4 Å².